The quantitative estimate of drug-likeness (QED) is 0.483. The second-order valence-corrected chi connectivity index (χ2v) is 9.56. The van der Waals surface area contributed by atoms with Crippen molar-refractivity contribution in [2.24, 2.45) is 11.7 Å². The number of amides is 1. The molecular formula is C28H32FN3O2. The highest BCUT2D eigenvalue weighted by Gasteiger charge is 2.39. The Hall–Kier alpha value is -3.41. The molecule has 3 atom stereocenters. The number of hydrogen-bond donors (Lipinski definition) is 1. The molecule has 3 aromatic rings. The molecule has 0 aliphatic carbocycles. The molecule has 0 bridgehead atoms. The van der Waals surface area contributed by atoms with Crippen LogP contribution in [0.25, 0.3) is 11.3 Å². The van der Waals surface area contributed by atoms with Crippen molar-refractivity contribution in [2.45, 2.75) is 52.1 Å². The predicted octanol–water partition coefficient (Wildman–Crippen LogP) is 5.79. The van der Waals surface area contributed by atoms with Crippen LogP contribution in [0.2, 0.25) is 0 Å². The Balaban J connectivity index is 1.74. The van der Waals surface area contributed by atoms with Gasteiger partial charge in [-0.3, -0.25) is 4.79 Å². The molecular weight excluding hydrogens is 429 g/mol. The zero-order valence-corrected chi connectivity index (χ0v) is 20.2. The molecule has 0 spiro atoms. The Labute approximate surface area is 200 Å². The maximum atomic E-state index is 14.4. The smallest absolute Gasteiger partial charge is 0.252 e. The van der Waals surface area contributed by atoms with Gasteiger partial charge < -0.3 is 15.4 Å². The third kappa shape index (κ3) is 4.91. The molecule has 1 saturated heterocycles. The molecule has 3 unspecified atom stereocenters. The number of aromatic nitrogens is 1. The van der Waals surface area contributed by atoms with Crippen molar-refractivity contribution in [1.82, 2.24) is 4.98 Å². The highest BCUT2D eigenvalue weighted by molar-refractivity contribution is 5.98. The van der Waals surface area contributed by atoms with Gasteiger partial charge in [0.25, 0.3) is 5.91 Å². The van der Waals surface area contributed by atoms with Crippen LogP contribution in [0.4, 0.5) is 10.2 Å². The molecule has 1 aromatic heterocycles. The van der Waals surface area contributed by atoms with Crippen LogP contribution in [-0.4, -0.2) is 29.6 Å². The minimum atomic E-state index is -0.531. The number of hydrogen-bond acceptors (Lipinski definition) is 4. The maximum absolute atomic E-state index is 14.4. The fourth-order valence-corrected chi connectivity index (χ4v) is 4.84. The summed E-state index contributed by atoms with van der Waals surface area (Å²) in [7, 11) is 0. The van der Waals surface area contributed by atoms with Gasteiger partial charge in [0.15, 0.2) is 0 Å². The molecule has 6 heteroatoms. The van der Waals surface area contributed by atoms with Gasteiger partial charge in [0.1, 0.15) is 17.4 Å². The lowest BCUT2D eigenvalue weighted by atomic mass is 9.92. The lowest BCUT2D eigenvalue weighted by Crippen LogP contribution is -2.36. The zero-order chi connectivity index (χ0) is 24.4. The van der Waals surface area contributed by atoms with Gasteiger partial charge in [-0.25, -0.2) is 9.37 Å². The van der Waals surface area contributed by atoms with Crippen molar-refractivity contribution in [3.05, 3.63) is 77.6 Å². The van der Waals surface area contributed by atoms with E-state index in [1.807, 2.05) is 32.0 Å². The molecule has 4 rings (SSSR count). The standard InChI is InChI=1S/C28H32FN3O2/c1-17(2)16-34-23-14-21(13-22(29)15-23)26-11-10-24(27(30)33)28(31-26)32-18(3)12-25(19(32)4)20-8-6-5-7-9-20/h5-11,13-15,17-19,25H,12,16H2,1-4H3,(H2,30,33). The predicted molar refractivity (Wildman–Crippen MR) is 134 cm³/mol. The average Bonchev–Trinajstić information content (AvgIpc) is 3.11. The molecule has 2 aromatic carbocycles. The molecule has 1 fully saturated rings. The molecule has 2 N–H and O–H groups in total. The van der Waals surface area contributed by atoms with Crippen molar-refractivity contribution in [3.8, 4) is 17.0 Å². The van der Waals surface area contributed by atoms with Gasteiger partial charge in [-0.15, -0.1) is 0 Å². The van der Waals surface area contributed by atoms with E-state index in [9.17, 15) is 9.18 Å². The molecule has 0 saturated carbocycles. The number of pyridine rings is 1. The Morgan fingerprint density at radius 3 is 2.56 bits per heavy atom. The monoisotopic (exact) mass is 461 g/mol. The van der Waals surface area contributed by atoms with Gasteiger partial charge in [-0.05, 0) is 56.0 Å². The Kier molecular flexibility index (Phi) is 6.87. The van der Waals surface area contributed by atoms with E-state index in [1.54, 1.807) is 18.2 Å². The molecule has 178 valence electrons. The van der Waals surface area contributed by atoms with Crippen molar-refractivity contribution < 1.29 is 13.9 Å². The summed E-state index contributed by atoms with van der Waals surface area (Å²) < 4.78 is 20.2. The van der Waals surface area contributed by atoms with Gasteiger partial charge in [0.2, 0.25) is 0 Å². The first kappa shape index (κ1) is 23.7. The fourth-order valence-electron chi connectivity index (χ4n) is 4.84. The van der Waals surface area contributed by atoms with Crippen LogP contribution in [-0.2, 0) is 0 Å². The van der Waals surface area contributed by atoms with E-state index in [1.165, 1.54) is 17.7 Å². The van der Waals surface area contributed by atoms with Crippen LogP contribution in [0.1, 0.15) is 56.0 Å². The van der Waals surface area contributed by atoms with E-state index in [0.29, 0.717) is 46.8 Å². The molecule has 34 heavy (non-hydrogen) atoms. The molecule has 5 nitrogen and oxygen atoms in total. The third-order valence-electron chi connectivity index (χ3n) is 6.45. The summed E-state index contributed by atoms with van der Waals surface area (Å²) in [6.07, 6.45) is 0.933. The largest absolute Gasteiger partial charge is 0.493 e. The lowest BCUT2D eigenvalue weighted by Gasteiger charge is -2.30. The Morgan fingerprint density at radius 1 is 1.15 bits per heavy atom. The van der Waals surface area contributed by atoms with Crippen molar-refractivity contribution in [2.75, 3.05) is 11.5 Å². The van der Waals surface area contributed by atoms with Crippen LogP contribution in [0.15, 0.2) is 60.7 Å². The van der Waals surface area contributed by atoms with Gasteiger partial charge in [0.05, 0.1) is 17.9 Å². The first-order chi connectivity index (χ1) is 16.2. The summed E-state index contributed by atoms with van der Waals surface area (Å²) in [6.45, 7) is 8.86. The van der Waals surface area contributed by atoms with Crippen LogP contribution in [0, 0.1) is 11.7 Å². The van der Waals surface area contributed by atoms with Gasteiger partial charge in [-0.1, -0.05) is 44.2 Å². The van der Waals surface area contributed by atoms with Crippen LogP contribution in [0.3, 0.4) is 0 Å². The number of nitrogens with zero attached hydrogens (tertiary/aromatic N) is 2. The van der Waals surface area contributed by atoms with E-state index in [0.717, 1.165) is 6.42 Å². The minimum absolute atomic E-state index is 0.107. The van der Waals surface area contributed by atoms with Gasteiger partial charge in [0, 0.05) is 29.6 Å². The minimum Gasteiger partial charge on any atom is -0.493 e. The number of benzene rings is 2. The third-order valence-corrected chi connectivity index (χ3v) is 6.45. The second kappa shape index (κ2) is 9.84. The van der Waals surface area contributed by atoms with Crippen molar-refractivity contribution in [3.63, 3.8) is 0 Å². The topological polar surface area (TPSA) is 68.5 Å². The highest BCUT2D eigenvalue weighted by atomic mass is 19.1. The normalized spacial score (nSPS) is 20.1. The average molecular weight is 462 g/mol. The first-order valence-electron chi connectivity index (χ1n) is 11.8. The molecule has 0 radical (unpaired) electrons. The van der Waals surface area contributed by atoms with Crippen molar-refractivity contribution in [1.29, 1.82) is 0 Å². The SMILES string of the molecule is CC(C)COc1cc(F)cc(-c2ccc(C(N)=O)c(N3C(C)CC(c4ccccc4)C3C)n2)c1. The van der Waals surface area contributed by atoms with E-state index >= 15 is 0 Å². The van der Waals surface area contributed by atoms with E-state index in [-0.39, 0.29) is 12.1 Å². The number of carbonyl (C=O) groups is 1. The number of halogens is 1. The van der Waals surface area contributed by atoms with Crippen LogP contribution in [0.5, 0.6) is 5.75 Å². The van der Waals surface area contributed by atoms with Crippen LogP contribution < -0.4 is 15.4 Å². The fraction of sp³-hybridized carbons (Fsp3) is 0.357. The number of nitrogens with two attached hydrogens (primary N) is 1. The summed E-state index contributed by atoms with van der Waals surface area (Å²) in [4.78, 5) is 19.4. The molecule has 1 amide bonds. The summed E-state index contributed by atoms with van der Waals surface area (Å²) in [6, 6.07) is 18.6. The first-order valence-corrected chi connectivity index (χ1v) is 11.8. The van der Waals surface area contributed by atoms with E-state index in [2.05, 4.69) is 30.9 Å². The van der Waals surface area contributed by atoms with Crippen LogP contribution >= 0.6 is 0 Å². The molecule has 1 aliphatic heterocycles. The van der Waals surface area contributed by atoms with E-state index in [4.69, 9.17) is 15.5 Å². The number of ether oxygens (including phenoxy) is 1. The van der Waals surface area contributed by atoms with Crippen molar-refractivity contribution >= 4 is 11.7 Å². The second-order valence-electron chi connectivity index (χ2n) is 9.56. The summed E-state index contributed by atoms with van der Waals surface area (Å²) >= 11 is 0. The molecule has 2 heterocycles. The van der Waals surface area contributed by atoms with Gasteiger partial charge in [-0.2, -0.15) is 0 Å². The Bertz CT molecular complexity index is 1170. The Morgan fingerprint density at radius 2 is 1.88 bits per heavy atom. The summed E-state index contributed by atoms with van der Waals surface area (Å²) in [5, 5.41) is 0. The van der Waals surface area contributed by atoms with E-state index < -0.39 is 11.7 Å². The summed E-state index contributed by atoms with van der Waals surface area (Å²) in [5.41, 5.74) is 8.52. The summed E-state index contributed by atoms with van der Waals surface area (Å²) in [5.74, 6) is 0.687. The number of rotatable bonds is 7. The maximum Gasteiger partial charge on any atom is 0.252 e. The number of carbonyl (C=O) groups excluding carboxylic acids is 1. The lowest BCUT2D eigenvalue weighted by molar-refractivity contribution is 0.100. The zero-order valence-electron chi connectivity index (χ0n) is 20.2. The highest BCUT2D eigenvalue weighted by Crippen LogP contribution is 2.41. The van der Waals surface area contributed by atoms with Gasteiger partial charge >= 0.3 is 0 Å². The number of primary amides is 1. The molecule has 1 aliphatic rings. The number of anilines is 1.